The fraction of sp³-hybridized carbons (Fsp3) is 0.550. The number of hydrogen-bond donors (Lipinski definition) is 3. The molecule has 59 heavy (non-hydrogen) atoms. The molecule has 3 aliphatic carbocycles. The van der Waals surface area contributed by atoms with Crippen molar-refractivity contribution < 1.29 is 70.0 Å². The minimum Gasteiger partial charge on any atom is -0.468 e. The molecule has 19 heteroatoms. The lowest BCUT2D eigenvalue weighted by atomic mass is 9.80. The van der Waals surface area contributed by atoms with E-state index in [9.17, 15) is 46.3 Å². The molecule has 2 aromatic rings. The zero-order valence-corrected chi connectivity index (χ0v) is 34.0. The lowest BCUT2D eigenvalue weighted by Gasteiger charge is -2.37. The van der Waals surface area contributed by atoms with Crippen LogP contribution in [0.2, 0.25) is 0 Å². The van der Waals surface area contributed by atoms with Crippen molar-refractivity contribution in [3.8, 4) is 0 Å². The Labute approximate surface area is 344 Å². The molecule has 3 saturated carbocycles. The average molecular weight is 862 g/mol. The van der Waals surface area contributed by atoms with Crippen molar-refractivity contribution in [3.63, 3.8) is 0 Å². The second kappa shape index (κ2) is 22.4. The molecule has 0 saturated heterocycles. The van der Waals surface area contributed by atoms with Crippen molar-refractivity contribution in [2.45, 2.75) is 118 Å². The van der Waals surface area contributed by atoms with Gasteiger partial charge in [0.2, 0.25) is 11.8 Å². The molecule has 0 bridgehead atoms. The first kappa shape index (κ1) is 50.2. The van der Waals surface area contributed by atoms with Crippen LogP contribution in [-0.4, -0.2) is 85.0 Å². The van der Waals surface area contributed by atoms with E-state index in [0.717, 1.165) is 18.2 Å². The van der Waals surface area contributed by atoms with Crippen molar-refractivity contribution in [3.05, 3.63) is 71.8 Å². The molecule has 2 aromatic carbocycles. The molecule has 0 aliphatic heterocycles. The Balaban J connectivity index is 0.000000314. The Kier molecular flexibility index (Phi) is 19.1. The number of nitrogens with one attached hydrogen (secondary N) is 2. The van der Waals surface area contributed by atoms with Gasteiger partial charge in [-0.05, 0) is 49.7 Å². The van der Waals surface area contributed by atoms with Crippen LogP contribution in [0.5, 0.6) is 0 Å². The van der Waals surface area contributed by atoms with Gasteiger partial charge in [0.15, 0.2) is 0 Å². The molecule has 2 amide bonds. The molecule has 0 spiro atoms. The smallest absolute Gasteiger partial charge is 0.408 e. The van der Waals surface area contributed by atoms with Crippen LogP contribution < -0.4 is 16.8 Å². The average Bonchev–Trinajstić information content (AvgIpc) is 3.22. The minimum atomic E-state index is -2.83. The number of carbonyl (C=O) groups excluding carboxylic acids is 6. The quantitative estimate of drug-likeness (QED) is 0.0969. The molecule has 3 aliphatic rings. The zero-order valence-electron chi connectivity index (χ0n) is 33.3. The molecular weight excluding hydrogens is 810 g/mol. The highest BCUT2D eigenvalue weighted by atomic mass is 35.5. The fourth-order valence-electron chi connectivity index (χ4n) is 6.46. The van der Waals surface area contributed by atoms with E-state index in [-0.39, 0.29) is 89.4 Å². The Bertz CT molecular complexity index is 1690. The fourth-order valence-corrected chi connectivity index (χ4v) is 6.72. The maximum absolute atomic E-state index is 13.3. The largest absolute Gasteiger partial charge is 0.468 e. The summed E-state index contributed by atoms with van der Waals surface area (Å²) in [4.78, 5) is 69.1. The van der Waals surface area contributed by atoms with Crippen molar-refractivity contribution in [1.29, 1.82) is 0 Å². The summed E-state index contributed by atoms with van der Waals surface area (Å²) in [7, 11) is 3.63. The van der Waals surface area contributed by atoms with Crippen LogP contribution in [0.4, 0.5) is 27.2 Å². The van der Waals surface area contributed by atoms with Gasteiger partial charge in [0.1, 0.15) is 34.9 Å². The molecule has 0 radical (unpaired) electrons. The van der Waals surface area contributed by atoms with Gasteiger partial charge in [0.25, 0.3) is 0 Å². The predicted molar refractivity (Wildman–Crippen MR) is 205 cm³/mol. The first-order valence-corrected chi connectivity index (χ1v) is 18.9. The topological polar surface area (TPSA) is 208 Å². The van der Waals surface area contributed by atoms with Crippen LogP contribution >= 0.6 is 11.6 Å². The minimum absolute atomic E-state index is 0. The van der Waals surface area contributed by atoms with E-state index in [4.69, 9.17) is 25.8 Å². The lowest BCUT2D eigenvalue weighted by molar-refractivity contribution is -0.154. The molecule has 5 N–H and O–H groups in total. The summed E-state index contributed by atoms with van der Waals surface area (Å²) in [5.41, 5.74) is -0.991. The van der Waals surface area contributed by atoms with Gasteiger partial charge in [0.05, 0.1) is 21.3 Å². The van der Waals surface area contributed by atoms with Gasteiger partial charge in [-0.2, -0.15) is 0 Å². The van der Waals surface area contributed by atoms with E-state index in [1.807, 2.05) is 36.4 Å². The SMILES string of the molecule is COC(=O)C1(Cl)CCC(F)(F)CC1.COC(=O)C1(NC(=O)OCc2ccccc2)CCC(=O)CC1.COC(=O)C1(NC(=O)OCc2ccccc2)CCC(F)(F)CC1.N. The Morgan fingerprint density at radius 3 is 1.25 bits per heavy atom. The summed E-state index contributed by atoms with van der Waals surface area (Å²) in [5.74, 6) is -7.30. The second-order valence-corrected chi connectivity index (χ2v) is 15.0. The van der Waals surface area contributed by atoms with Gasteiger partial charge in [-0.3, -0.25) is 9.59 Å². The number of hydrogen-bond acceptors (Lipinski definition) is 12. The van der Waals surface area contributed by atoms with Gasteiger partial charge in [-0.15, -0.1) is 11.6 Å². The number of methoxy groups -OCH3 is 3. The van der Waals surface area contributed by atoms with Crippen LogP contribution in [0, 0.1) is 0 Å². The maximum Gasteiger partial charge on any atom is 0.408 e. The van der Waals surface area contributed by atoms with E-state index in [1.54, 1.807) is 24.3 Å². The number of ether oxygens (including phenoxy) is 5. The normalized spacial score (nSPS) is 19.1. The van der Waals surface area contributed by atoms with Gasteiger partial charge in [-0.25, -0.2) is 36.7 Å². The molecule has 0 unspecified atom stereocenters. The number of carbonyl (C=O) groups is 6. The molecule has 0 aromatic heterocycles. The number of alkyl halides is 5. The third-order valence-corrected chi connectivity index (χ3v) is 10.6. The lowest BCUT2D eigenvalue weighted by Crippen LogP contribution is -2.58. The van der Waals surface area contributed by atoms with Gasteiger partial charge in [-0.1, -0.05) is 60.7 Å². The van der Waals surface area contributed by atoms with E-state index >= 15 is 0 Å². The molecule has 5 rings (SSSR count). The number of alkyl carbamates (subject to hydrolysis) is 2. The summed E-state index contributed by atoms with van der Waals surface area (Å²) in [5, 5.41) is 5.01. The van der Waals surface area contributed by atoms with E-state index in [1.165, 1.54) is 14.2 Å². The predicted octanol–water partition coefficient (Wildman–Crippen LogP) is 7.51. The zero-order chi connectivity index (χ0) is 43.0. The van der Waals surface area contributed by atoms with Crippen molar-refractivity contribution in [2.75, 3.05) is 21.3 Å². The number of benzene rings is 2. The van der Waals surface area contributed by atoms with Crippen LogP contribution in [0.1, 0.15) is 88.2 Å². The first-order chi connectivity index (χ1) is 27.3. The third kappa shape index (κ3) is 15.3. The number of amides is 2. The number of Topliss-reactive ketones (excluding diaryl/α,β-unsaturated/α-hetero) is 1. The maximum atomic E-state index is 13.3. The Morgan fingerprint density at radius 2 is 0.898 bits per heavy atom. The number of ketones is 1. The van der Waals surface area contributed by atoms with Crippen LogP contribution in [-0.2, 0) is 56.1 Å². The summed E-state index contributed by atoms with van der Waals surface area (Å²) in [6.07, 6.45) is -2.63. The van der Waals surface area contributed by atoms with E-state index in [0.29, 0.717) is 0 Å². The molecule has 3 fully saturated rings. The summed E-state index contributed by atoms with van der Waals surface area (Å²) in [6, 6.07) is 18.2. The Morgan fingerprint density at radius 1 is 0.559 bits per heavy atom. The number of halogens is 5. The number of rotatable bonds is 9. The molecule has 0 atom stereocenters. The van der Waals surface area contributed by atoms with Crippen LogP contribution in [0.3, 0.4) is 0 Å². The molecule has 14 nitrogen and oxygen atoms in total. The number of esters is 3. The molecule has 328 valence electrons. The standard InChI is InChI=1S/C16H19F2NO4.C16H19NO5.C8H11ClF2O2.H3N/c1-22-13(20)15(7-9-16(17,18)10-8-15)19-14(21)23-11-12-5-3-2-4-6-12;1-21-14(19)16(9-7-13(18)8-10-16)17-15(20)22-11-12-5-3-2-4-6-12;1-13-6(12)7(9)2-4-8(10,11)5-3-7;/h2-6H,7-11H2,1H3,(H,19,21);2-6H,7-11H2,1H3,(H,17,20);2-5H2,1H3;1H3. The van der Waals surface area contributed by atoms with Crippen molar-refractivity contribution in [1.82, 2.24) is 16.8 Å². The van der Waals surface area contributed by atoms with Gasteiger partial charge < -0.3 is 40.5 Å². The highest BCUT2D eigenvalue weighted by molar-refractivity contribution is 6.34. The Hall–Kier alpha value is -4.97. The summed E-state index contributed by atoms with van der Waals surface area (Å²) in [6.45, 7) is 0.142. The highest BCUT2D eigenvalue weighted by Crippen LogP contribution is 2.43. The first-order valence-electron chi connectivity index (χ1n) is 18.5. The molecule has 0 heterocycles. The van der Waals surface area contributed by atoms with Crippen LogP contribution in [0.25, 0.3) is 0 Å². The third-order valence-electron chi connectivity index (χ3n) is 10.1. The second-order valence-electron chi connectivity index (χ2n) is 14.2. The summed E-state index contributed by atoms with van der Waals surface area (Å²) >= 11 is 5.85. The van der Waals surface area contributed by atoms with Gasteiger partial charge >= 0.3 is 30.1 Å². The van der Waals surface area contributed by atoms with E-state index < -0.39 is 70.7 Å². The van der Waals surface area contributed by atoms with Crippen molar-refractivity contribution >= 4 is 47.5 Å². The highest BCUT2D eigenvalue weighted by Gasteiger charge is 2.50. The monoisotopic (exact) mass is 861 g/mol. The van der Waals surface area contributed by atoms with E-state index in [2.05, 4.69) is 20.1 Å². The summed E-state index contributed by atoms with van der Waals surface area (Å²) < 4.78 is 76.1. The molecular formula is C40H52ClF4N3O11. The van der Waals surface area contributed by atoms with Crippen LogP contribution in [0.15, 0.2) is 60.7 Å². The van der Waals surface area contributed by atoms with Crippen molar-refractivity contribution in [2.24, 2.45) is 0 Å². The van der Waals surface area contributed by atoms with Gasteiger partial charge in [0, 0.05) is 38.5 Å².